The topological polar surface area (TPSA) is 0 Å². The zero-order valence-electron chi connectivity index (χ0n) is 9.55. The van der Waals surface area contributed by atoms with E-state index < -0.39 is 17.6 Å². The van der Waals surface area contributed by atoms with Gasteiger partial charge < -0.3 is 0 Å². The van der Waals surface area contributed by atoms with Crippen LogP contribution in [0.3, 0.4) is 0 Å². The van der Waals surface area contributed by atoms with Gasteiger partial charge in [0.15, 0.2) is 0 Å². The molecule has 0 saturated carbocycles. The monoisotopic (exact) mass is 254 g/mol. The van der Waals surface area contributed by atoms with E-state index in [4.69, 9.17) is 0 Å². The summed E-state index contributed by atoms with van der Waals surface area (Å²) in [6, 6.07) is 9.08. The summed E-state index contributed by atoms with van der Waals surface area (Å²) < 4.78 is 51.8. The third-order valence-corrected chi connectivity index (χ3v) is 2.59. The number of benzene rings is 2. The highest BCUT2D eigenvalue weighted by Crippen LogP contribution is 2.37. The zero-order valence-corrected chi connectivity index (χ0v) is 9.55. The summed E-state index contributed by atoms with van der Waals surface area (Å²) in [5.41, 5.74) is 0.0602. The highest BCUT2D eigenvalue weighted by molar-refractivity contribution is 5.68. The lowest BCUT2D eigenvalue weighted by Crippen LogP contribution is -2.06. The Balaban J connectivity index is 2.64. The van der Waals surface area contributed by atoms with Gasteiger partial charge in [-0.25, -0.2) is 4.39 Å². The first kappa shape index (κ1) is 12.6. The first-order valence-corrected chi connectivity index (χ1v) is 5.32. The van der Waals surface area contributed by atoms with Crippen molar-refractivity contribution in [3.63, 3.8) is 0 Å². The molecule has 0 aliphatic heterocycles. The summed E-state index contributed by atoms with van der Waals surface area (Å²) >= 11 is 0. The molecule has 18 heavy (non-hydrogen) atoms. The van der Waals surface area contributed by atoms with Crippen molar-refractivity contribution in [2.45, 2.75) is 13.1 Å². The Morgan fingerprint density at radius 2 is 1.61 bits per heavy atom. The smallest absolute Gasteiger partial charge is 0.207 e. The van der Waals surface area contributed by atoms with Crippen molar-refractivity contribution in [1.29, 1.82) is 0 Å². The molecule has 0 aliphatic rings. The first-order valence-electron chi connectivity index (χ1n) is 5.32. The average Bonchev–Trinajstić information content (AvgIpc) is 2.26. The minimum atomic E-state index is -4.45. The molecule has 0 unspecified atom stereocenters. The lowest BCUT2D eigenvalue weighted by Gasteiger charge is -2.13. The van der Waals surface area contributed by atoms with Crippen molar-refractivity contribution in [3.05, 3.63) is 59.4 Å². The fraction of sp³-hybridized carbons (Fsp3) is 0.143. The van der Waals surface area contributed by atoms with Gasteiger partial charge in [0.05, 0.1) is 5.56 Å². The van der Waals surface area contributed by atoms with Crippen molar-refractivity contribution < 1.29 is 17.6 Å². The predicted octanol–water partition coefficient (Wildman–Crippen LogP) is 4.82. The van der Waals surface area contributed by atoms with Gasteiger partial charge in [-0.1, -0.05) is 24.3 Å². The highest BCUT2D eigenvalue weighted by Gasteiger charge is 2.33. The van der Waals surface area contributed by atoms with Gasteiger partial charge in [0.1, 0.15) is 5.82 Å². The number of halogens is 4. The maximum absolute atomic E-state index is 13.3. The molecule has 0 nitrogen and oxygen atoms in total. The predicted molar refractivity (Wildman–Crippen MR) is 61.6 cm³/mol. The van der Waals surface area contributed by atoms with E-state index in [0.29, 0.717) is 5.56 Å². The Bertz CT molecular complexity index is 550. The Morgan fingerprint density at radius 1 is 0.944 bits per heavy atom. The Kier molecular flexibility index (Phi) is 3.11. The summed E-state index contributed by atoms with van der Waals surface area (Å²) in [5.74, 6) is -0.540. The summed E-state index contributed by atoms with van der Waals surface area (Å²) in [7, 11) is 0. The van der Waals surface area contributed by atoms with Gasteiger partial charge >= 0.3 is 6.18 Å². The molecule has 0 saturated heterocycles. The third-order valence-electron chi connectivity index (χ3n) is 2.59. The summed E-state index contributed by atoms with van der Waals surface area (Å²) in [5, 5.41) is 0. The summed E-state index contributed by atoms with van der Waals surface area (Å²) in [6.07, 6.45) is -4.45. The van der Waals surface area contributed by atoms with Gasteiger partial charge in [0, 0.05) is 0 Å². The Morgan fingerprint density at radius 3 is 2.22 bits per heavy atom. The third kappa shape index (κ3) is 2.53. The van der Waals surface area contributed by atoms with Crippen LogP contribution in [0.4, 0.5) is 17.6 Å². The summed E-state index contributed by atoms with van der Waals surface area (Å²) in [4.78, 5) is 0. The lowest BCUT2D eigenvalue weighted by molar-refractivity contribution is -0.137. The number of hydrogen-bond donors (Lipinski definition) is 0. The van der Waals surface area contributed by atoms with Crippen LogP contribution in [0.2, 0.25) is 0 Å². The molecule has 0 aromatic heterocycles. The van der Waals surface area contributed by atoms with Crippen molar-refractivity contribution in [2.75, 3.05) is 0 Å². The van der Waals surface area contributed by atoms with Crippen LogP contribution in [-0.4, -0.2) is 0 Å². The van der Waals surface area contributed by atoms with Gasteiger partial charge in [-0.05, 0) is 41.8 Å². The fourth-order valence-corrected chi connectivity index (χ4v) is 1.87. The van der Waals surface area contributed by atoms with E-state index in [1.165, 1.54) is 30.3 Å². The second-order valence-electron chi connectivity index (χ2n) is 4.06. The SMILES string of the molecule is Cc1cc(F)cc(-c2ccccc2C(F)(F)F)c1. The van der Waals surface area contributed by atoms with Crippen LogP contribution in [0.25, 0.3) is 11.1 Å². The molecule has 0 heterocycles. The van der Waals surface area contributed by atoms with Gasteiger partial charge in [-0.2, -0.15) is 13.2 Å². The van der Waals surface area contributed by atoms with E-state index >= 15 is 0 Å². The molecule has 0 amide bonds. The molecular formula is C14H10F4. The van der Waals surface area contributed by atoms with Gasteiger partial charge in [-0.15, -0.1) is 0 Å². The molecule has 2 aromatic carbocycles. The molecule has 0 spiro atoms. The van der Waals surface area contributed by atoms with Crippen LogP contribution in [0.15, 0.2) is 42.5 Å². The van der Waals surface area contributed by atoms with Crippen LogP contribution in [-0.2, 0) is 6.18 Å². The molecule has 2 rings (SSSR count). The molecule has 2 aromatic rings. The standard InChI is InChI=1S/C14H10F4/c1-9-6-10(8-11(15)7-9)12-4-2-3-5-13(12)14(16,17)18/h2-8H,1H3. The van der Waals surface area contributed by atoms with Crippen LogP contribution < -0.4 is 0 Å². The zero-order chi connectivity index (χ0) is 13.3. The van der Waals surface area contributed by atoms with Gasteiger partial charge in [0.2, 0.25) is 0 Å². The number of aryl methyl sites for hydroxylation is 1. The molecule has 0 fully saturated rings. The van der Waals surface area contributed by atoms with Crippen LogP contribution in [0.5, 0.6) is 0 Å². The number of alkyl halides is 3. The van der Waals surface area contributed by atoms with Crippen molar-refractivity contribution in [1.82, 2.24) is 0 Å². The molecule has 94 valence electrons. The number of rotatable bonds is 1. The van der Waals surface area contributed by atoms with E-state index in [9.17, 15) is 17.6 Å². The number of hydrogen-bond acceptors (Lipinski definition) is 0. The summed E-state index contributed by atoms with van der Waals surface area (Å²) in [6.45, 7) is 1.64. The van der Waals surface area contributed by atoms with Crippen molar-refractivity contribution >= 4 is 0 Å². The van der Waals surface area contributed by atoms with E-state index in [1.807, 2.05) is 0 Å². The minimum absolute atomic E-state index is 0.00685. The van der Waals surface area contributed by atoms with E-state index in [2.05, 4.69) is 0 Å². The first-order chi connectivity index (χ1) is 8.38. The van der Waals surface area contributed by atoms with E-state index in [1.54, 1.807) is 6.92 Å². The largest absolute Gasteiger partial charge is 0.417 e. The molecule has 0 atom stereocenters. The molecule has 0 bridgehead atoms. The van der Waals surface area contributed by atoms with Gasteiger partial charge in [-0.3, -0.25) is 0 Å². The maximum Gasteiger partial charge on any atom is 0.417 e. The van der Waals surface area contributed by atoms with Crippen LogP contribution >= 0.6 is 0 Å². The van der Waals surface area contributed by atoms with E-state index in [0.717, 1.165) is 12.1 Å². The molecular weight excluding hydrogens is 244 g/mol. The van der Waals surface area contributed by atoms with Crippen LogP contribution in [0.1, 0.15) is 11.1 Å². The normalized spacial score (nSPS) is 11.6. The Labute approximate surface area is 102 Å². The molecule has 0 N–H and O–H groups in total. The quantitative estimate of drug-likeness (QED) is 0.640. The second kappa shape index (κ2) is 4.44. The molecule has 0 aliphatic carbocycles. The van der Waals surface area contributed by atoms with Crippen molar-refractivity contribution in [2.24, 2.45) is 0 Å². The van der Waals surface area contributed by atoms with E-state index in [-0.39, 0.29) is 11.1 Å². The lowest BCUT2D eigenvalue weighted by atomic mass is 9.98. The molecule has 4 heteroatoms. The fourth-order valence-electron chi connectivity index (χ4n) is 1.87. The molecule has 0 radical (unpaired) electrons. The van der Waals surface area contributed by atoms with Gasteiger partial charge in [0.25, 0.3) is 0 Å². The Hall–Kier alpha value is -1.84. The van der Waals surface area contributed by atoms with Crippen LogP contribution in [0, 0.1) is 12.7 Å². The average molecular weight is 254 g/mol. The minimum Gasteiger partial charge on any atom is -0.207 e. The maximum atomic E-state index is 13.3. The second-order valence-corrected chi connectivity index (χ2v) is 4.06. The highest BCUT2D eigenvalue weighted by atomic mass is 19.4. The van der Waals surface area contributed by atoms with Crippen molar-refractivity contribution in [3.8, 4) is 11.1 Å².